The van der Waals surface area contributed by atoms with Crippen molar-refractivity contribution in [3.8, 4) is 0 Å². The molecule has 1 aromatic carbocycles. The van der Waals surface area contributed by atoms with Gasteiger partial charge in [0, 0.05) is 37.3 Å². The highest BCUT2D eigenvalue weighted by Crippen LogP contribution is 2.29. The molecule has 21 heavy (non-hydrogen) atoms. The second-order valence-electron chi connectivity index (χ2n) is 6.04. The molecule has 1 saturated heterocycles. The van der Waals surface area contributed by atoms with Crippen molar-refractivity contribution in [2.24, 2.45) is 5.73 Å². The van der Waals surface area contributed by atoms with Gasteiger partial charge in [0.15, 0.2) is 0 Å². The van der Waals surface area contributed by atoms with Gasteiger partial charge in [-0.2, -0.15) is 0 Å². The summed E-state index contributed by atoms with van der Waals surface area (Å²) < 4.78 is 0. The number of anilines is 1. The van der Waals surface area contributed by atoms with E-state index < -0.39 is 0 Å². The molecule has 0 bridgehead atoms. The first-order valence-electron chi connectivity index (χ1n) is 7.68. The van der Waals surface area contributed by atoms with Gasteiger partial charge in [0.25, 0.3) is 0 Å². The fourth-order valence-electron chi connectivity index (χ4n) is 3.24. The molecule has 3 rings (SSSR count). The zero-order valence-electron chi connectivity index (χ0n) is 12.9. The van der Waals surface area contributed by atoms with Gasteiger partial charge in [-0.05, 0) is 37.9 Å². The topological polar surface area (TPSA) is 45.4 Å². The van der Waals surface area contributed by atoms with E-state index in [9.17, 15) is 0 Å². The molecule has 1 aliphatic heterocycles. The van der Waals surface area contributed by atoms with E-state index in [4.69, 9.17) is 10.7 Å². The van der Waals surface area contributed by atoms with Crippen LogP contribution < -0.4 is 10.6 Å². The molecule has 0 unspecified atom stereocenters. The Kier molecular flexibility index (Phi) is 4.08. The molecule has 4 heteroatoms. The molecule has 2 N–H and O–H groups in total. The maximum Gasteiger partial charge on any atom is 0.136 e. The Morgan fingerprint density at radius 1 is 1.19 bits per heavy atom. The van der Waals surface area contributed by atoms with Crippen molar-refractivity contribution < 1.29 is 0 Å². The molecule has 112 valence electrons. The molecule has 1 aromatic heterocycles. The summed E-state index contributed by atoms with van der Waals surface area (Å²) in [4.78, 5) is 9.46. The van der Waals surface area contributed by atoms with Crippen molar-refractivity contribution in [3.63, 3.8) is 0 Å². The Hall–Kier alpha value is -1.65. The molecule has 4 nitrogen and oxygen atoms in total. The van der Waals surface area contributed by atoms with E-state index in [2.05, 4.69) is 48.2 Å². The van der Waals surface area contributed by atoms with E-state index in [1.165, 1.54) is 23.6 Å². The molecule has 2 aromatic rings. The normalized spacial score (nSPS) is 16.9. The predicted molar refractivity (Wildman–Crippen MR) is 88.6 cm³/mol. The molecule has 0 atom stereocenters. The van der Waals surface area contributed by atoms with Crippen LogP contribution in [0.15, 0.2) is 30.5 Å². The average Bonchev–Trinajstić information content (AvgIpc) is 2.54. The van der Waals surface area contributed by atoms with Crippen LogP contribution in [-0.4, -0.2) is 43.1 Å². The monoisotopic (exact) mass is 284 g/mol. The summed E-state index contributed by atoms with van der Waals surface area (Å²) in [6.07, 6.45) is 4.33. The van der Waals surface area contributed by atoms with Crippen molar-refractivity contribution in [1.82, 2.24) is 9.88 Å². The van der Waals surface area contributed by atoms with Gasteiger partial charge < -0.3 is 15.5 Å². The third-order valence-electron chi connectivity index (χ3n) is 4.57. The molecule has 0 spiro atoms. The van der Waals surface area contributed by atoms with Crippen LogP contribution in [0.1, 0.15) is 18.4 Å². The zero-order valence-corrected chi connectivity index (χ0v) is 12.9. The van der Waals surface area contributed by atoms with Crippen LogP contribution in [-0.2, 0) is 6.54 Å². The predicted octanol–water partition coefficient (Wildman–Crippen LogP) is 2.22. The van der Waals surface area contributed by atoms with Gasteiger partial charge >= 0.3 is 0 Å². The molecule has 0 amide bonds. The van der Waals surface area contributed by atoms with Crippen LogP contribution in [0.4, 0.5) is 5.82 Å². The zero-order chi connectivity index (χ0) is 14.8. The third kappa shape index (κ3) is 2.74. The lowest BCUT2D eigenvalue weighted by atomic mass is 10.0. The van der Waals surface area contributed by atoms with Crippen molar-refractivity contribution in [2.45, 2.75) is 25.4 Å². The number of benzene rings is 1. The van der Waals surface area contributed by atoms with Crippen LogP contribution in [0.3, 0.4) is 0 Å². The number of rotatable bonds is 3. The summed E-state index contributed by atoms with van der Waals surface area (Å²) >= 11 is 0. The maximum absolute atomic E-state index is 5.84. The fourth-order valence-corrected chi connectivity index (χ4v) is 3.24. The van der Waals surface area contributed by atoms with E-state index >= 15 is 0 Å². The lowest BCUT2D eigenvalue weighted by Crippen LogP contribution is -2.42. The molecule has 2 heterocycles. The first-order valence-corrected chi connectivity index (χ1v) is 7.68. The number of nitrogens with zero attached hydrogens (tertiary/aromatic N) is 3. The SMILES string of the molecule is CN(C)C1CCN(c2ncc(CN)c3ccccc23)CC1. The Bertz CT molecular complexity index is 615. The van der Waals surface area contributed by atoms with Gasteiger partial charge in [0.2, 0.25) is 0 Å². The highest BCUT2D eigenvalue weighted by Gasteiger charge is 2.22. The van der Waals surface area contributed by atoms with Crippen molar-refractivity contribution >= 4 is 16.6 Å². The number of fused-ring (bicyclic) bond motifs is 1. The van der Waals surface area contributed by atoms with E-state index in [1.54, 1.807) is 0 Å². The highest BCUT2D eigenvalue weighted by molar-refractivity contribution is 5.94. The minimum absolute atomic E-state index is 0.538. The number of hydrogen-bond donors (Lipinski definition) is 1. The van der Waals surface area contributed by atoms with Crippen LogP contribution in [0.2, 0.25) is 0 Å². The first-order chi connectivity index (χ1) is 10.2. The minimum Gasteiger partial charge on any atom is -0.356 e. The molecule has 0 saturated carbocycles. The quantitative estimate of drug-likeness (QED) is 0.939. The van der Waals surface area contributed by atoms with Crippen molar-refractivity contribution in [1.29, 1.82) is 0 Å². The smallest absolute Gasteiger partial charge is 0.136 e. The number of aromatic nitrogens is 1. The summed E-state index contributed by atoms with van der Waals surface area (Å²) in [5.74, 6) is 1.11. The second kappa shape index (κ2) is 6.00. The number of nitrogens with two attached hydrogens (primary N) is 1. The molecular weight excluding hydrogens is 260 g/mol. The molecule has 1 aliphatic rings. The Balaban J connectivity index is 1.92. The summed E-state index contributed by atoms with van der Waals surface area (Å²) in [5, 5.41) is 2.46. The lowest BCUT2D eigenvalue weighted by molar-refractivity contribution is 0.249. The second-order valence-corrected chi connectivity index (χ2v) is 6.04. The first kappa shape index (κ1) is 14.3. The van der Waals surface area contributed by atoms with Crippen molar-refractivity contribution in [3.05, 3.63) is 36.0 Å². The third-order valence-corrected chi connectivity index (χ3v) is 4.57. The van der Waals surface area contributed by atoms with Crippen LogP contribution >= 0.6 is 0 Å². The molecule has 1 fully saturated rings. The van der Waals surface area contributed by atoms with E-state index in [1.807, 2.05) is 6.20 Å². The van der Waals surface area contributed by atoms with Crippen LogP contribution in [0.5, 0.6) is 0 Å². The standard InChI is InChI=1S/C17H24N4/c1-20(2)14-7-9-21(10-8-14)17-16-6-4-3-5-15(16)13(11-18)12-19-17/h3-6,12,14H,7-11,18H2,1-2H3. The van der Waals surface area contributed by atoms with Gasteiger partial charge in [0.1, 0.15) is 5.82 Å². The lowest BCUT2D eigenvalue weighted by Gasteiger charge is -2.36. The summed E-state index contributed by atoms with van der Waals surface area (Å²) in [5.41, 5.74) is 6.96. The van der Waals surface area contributed by atoms with Gasteiger partial charge in [-0.15, -0.1) is 0 Å². The van der Waals surface area contributed by atoms with Crippen LogP contribution in [0, 0.1) is 0 Å². The largest absolute Gasteiger partial charge is 0.356 e. The van der Waals surface area contributed by atoms with Gasteiger partial charge in [-0.3, -0.25) is 0 Å². The number of pyridine rings is 1. The average molecular weight is 284 g/mol. The highest BCUT2D eigenvalue weighted by atomic mass is 15.2. The molecular formula is C17H24N4. The molecule has 0 aliphatic carbocycles. The number of piperidine rings is 1. The van der Waals surface area contributed by atoms with E-state index in [-0.39, 0.29) is 0 Å². The van der Waals surface area contributed by atoms with Crippen molar-refractivity contribution in [2.75, 3.05) is 32.1 Å². The fraction of sp³-hybridized carbons (Fsp3) is 0.471. The van der Waals surface area contributed by atoms with E-state index in [0.29, 0.717) is 12.6 Å². The Morgan fingerprint density at radius 2 is 1.86 bits per heavy atom. The Labute approximate surface area is 126 Å². The summed E-state index contributed by atoms with van der Waals surface area (Å²) in [6, 6.07) is 9.16. The van der Waals surface area contributed by atoms with Gasteiger partial charge in [-0.25, -0.2) is 4.98 Å². The van der Waals surface area contributed by atoms with Gasteiger partial charge in [-0.1, -0.05) is 24.3 Å². The Morgan fingerprint density at radius 3 is 2.48 bits per heavy atom. The van der Waals surface area contributed by atoms with E-state index in [0.717, 1.165) is 24.5 Å². The summed E-state index contributed by atoms with van der Waals surface area (Å²) in [7, 11) is 4.34. The van der Waals surface area contributed by atoms with Crippen LogP contribution in [0.25, 0.3) is 10.8 Å². The maximum atomic E-state index is 5.84. The molecule has 0 radical (unpaired) electrons. The number of hydrogen-bond acceptors (Lipinski definition) is 4. The van der Waals surface area contributed by atoms with Gasteiger partial charge in [0.05, 0.1) is 0 Å². The minimum atomic E-state index is 0.538. The summed E-state index contributed by atoms with van der Waals surface area (Å²) in [6.45, 7) is 2.68.